The fourth-order valence-corrected chi connectivity index (χ4v) is 0.491. The van der Waals surface area contributed by atoms with Gasteiger partial charge in [0, 0.05) is 4.68 Å². The average molecular weight is 159 g/mol. The zero-order chi connectivity index (χ0) is 8.43. The van der Waals surface area contributed by atoms with Crippen molar-refractivity contribution in [1.82, 2.24) is 9.66 Å². The number of aromatic nitrogens is 2. The summed E-state index contributed by atoms with van der Waals surface area (Å²) in [5.74, 6) is -0.500. The van der Waals surface area contributed by atoms with Gasteiger partial charge in [-0.15, -0.1) is 0 Å². The van der Waals surface area contributed by atoms with Crippen LogP contribution in [0.2, 0.25) is 0 Å². The lowest BCUT2D eigenvalue weighted by Crippen LogP contribution is -2.07. The number of imidazole rings is 1. The lowest BCUT2D eigenvalue weighted by Gasteiger charge is -1.81. The van der Waals surface area contributed by atoms with Gasteiger partial charge in [0.2, 0.25) is 0 Å². The quantitative estimate of drug-likeness (QED) is 0.472. The Morgan fingerprint density at radius 1 is 1.64 bits per heavy atom. The summed E-state index contributed by atoms with van der Waals surface area (Å²) >= 11 is 0. The fraction of sp³-hybridized carbons (Fsp3) is 0. The van der Waals surface area contributed by atoms with E-state index in [0.29, 0.717) is 4.68 Å². The van der Waals surface area contributed by atoms with Crippen molar-refractivity contribution in [2.24, 2.45) is 0 Å². The van der Waals surface area contributed by atoms with Gasteiger partial charge in [-0.2, -0.15) is 0 Å². The number of nitrogens with zero attached hydrogens (tertiary/aromatic N) is 4. The molecule has 0 saturated heterocycles. The lowest BCUT2D eigenvalue weighted by atomic mass is 10.8. The van der Waals surface area contributed by atoms with Crippen molar-refractivity contribution in [2.45, 2.75) is 0 Å². The molecule has 0 spiro atoms. The molecule has 0 amide bonds. The summed E-state index contributed by atoms with van der Waals surface area (Å²) < 4.78 is 0.526. The summed E-state index contributed by atoms with van der Waals surface area (Å²) in [5, 5.41) is 17.6. The van der Waals surface area contributed by atoms with E-state index in [-0.39, 0.29) is 0 Å². The number of rotatable bonds is 2. The van der Waals surface area contributed by atoms with Crippen LogP contribution in [0.4, 0.5) is 5.82 Å². The van der Waals surface area contributed by atoms with E-state index in [2.05, 4.69) is 4.98 Å². The van der Waals surface area contributed by atoms with E-state index in [1.807, 2.05) is 0 Å². The molecule has 0 bridgehead atoms. The molecule has 1 rings (SSSR count). The summed E-state index contributed by atoms with van der Waals surface area (Å²) in [6.07, 6.45) is 1.61. The molecule has 1 heterocycles. The topological polar surface area (TPSA) is 101 Å². The number of hydrogen-bond donors (Lipinski definition) is 1. The van der Waals surface area contributed by atoms with E-state index in [1.165, 1.54) is 0 Å². The summed E-state index contributed by atoms with van der Waals surface area (Å²) in [4.78, 5) is 22.4. The van der Waals surface area contributed by atoms with Gasteiger partial charge in [0.25, 0.3) is 6.33 Å². The third kappa shape index (κ3) is 1.28. The molecule has 11 heavy (non-hydrogen) atoms. The standard InChI is InChI=1S/C3H3N4O4/c8-6(9)3-1-5(2-4-3)7(10)11/h1-2H,(H,10,11)/q+1. The molecule has 0 unspecified atom stereocenters. The first-order valence-corrected chi connectivity index (χ1v) is 2.46. The van der Waals surface area contributed by atoms with Gasteiger partial charge < -0.3 is 10.1 Å². The highest BCUT2D eigenvalue weighted by Crippen LogP contribution is 2.03. The van der Waals surface area contributed by atoms with Crippen LogP contribution in [0, 0.1) is 15.0 Å². The molecular formula is C3H3N4O4+. The van der Waals surface area contributed by atoms with E-state index < -0.39 is 15.8 Å². The Labute approximate surface area is 59.3 Å². The molecule has 0 radical (unpaired) electrons. The van der Waals surface area contributed by atoms with Crippen molar-refractivity contribution in [2.75, 3.05) is 0 Å². The maximum Gasteiger partial charge on any atom is 0.388 e. The van der Waals surface area contributed by atoms with Crippen LogP contribution in [0.15, 0.2) is 12.5 Å². The second-order valence-electron chi connectivity index (χ2n) is 1.62. The van der Waals surface area contributed by atoms with Crippen LogP contribution >= 0.6 is 0 Å². The van der Waals surface area contributed by atoms with Gasteiger partial charge >= 0.3 is 10.9 Å². The van der Waals surface area contributed by atoms with Gasteiger partial charge in [-0.3, -0.25) is 0 Å². The third-order valence-electron chi connectivity index (χ3n) is 0.941. The molecule has 8 nitrogen and oxygen atoms in total. The van der Waals surface area contributed by atoms with Gasteiger partial charge in [0.1, 0.15) is 4.91 Å². The van der Waals surface area contributed by atoms with Gasteiger partial charge in [-0.05, 0) is 9.91 Å². The lowest BCUT2D eigenvalue weighted by molar-refractivity contribution is -0.832. The Bertz CT molecular complexity index is 276. The van der Waals surface area contributed by atoms with Gasteiger partial charge in [0.15, 0.2) is 6.20 Å². The molecule has 0 aliphatic carbocycles. The Morgan fingerprint density at radius 3 is 2.55 bits per heavy atom. The van der Waals surface area contributed by atoms with E-state index in [0.717, 1.165) is 12.5 Å². The molecule has 0 aromatic carbocycles. The maximum atomic E-state index is 10.1. The Morgan fingerprint density at radius 2 is 2.27 bits per heavy atom. The van der Waals surface area contributed by atoms with Crippen LogP contribution in [0.3, 0.4) is 0 Å². The zero-order valence-electron chi connectivity index (χ0n) is 5.12. The molecule has 0 aliphatic rings. The molecule has 0 saturated carbocycles. The normalized spacial score (nSPS) is 9.45. The monoisotopic (exact) mass is 159 g/mol. The highest BCUT2D eigenvalue weighted by molar-refractivity contribution is 5.10. The van der Waals surface area contributed by atoms with Crippen molar-refractivity contribution in [3.8, 4) is 0 Å². The van der Waals surface area contributed by atoms with Crippen molar-refractivity contribution in [3.63, 3.8) is 0 Å². The summed E-state index contributed by atoms with van der Waals surface area (Å²) in [6, 6.07) is 0. The van der Waals surface area contributed by atoms with Crippen LogP contribution < -0.4 is 0 Å². The average Bonchev–Trinajstić information content (AvgIpc) is 2.33. The van der Waals surface area contributed by atoms with E-state index in [1.54, 1.807) is 0 Å². The molecular weight excluding hydrogens is 156 g/mol. The predicted octanol–water partition coefficient (Wildman–Crippen LogP) is -0.278. The van der Waals surface area contributed by atoms with E-state index in [9.17, 15) is 15.0 Å². The summed E-state index contributed by atoms with van der Waals surface area (Å²) in [5.41, 5.74) is 0. The Balaban J connectivity index is 2.99. The molecule has 1 N–H and O–H groups in total. The molecule has 1 aromatic rings. The minimum absolute atomic E-state index is 0.500. The molecule has 0 fully saturated rings. The van der Waals surface area contributed by atoms with Crippen molar-refractivity contribution in [1.29, 1.82) is 0 Å². The molecule has 1 aromatic heterocycles. The van der Waals surface area contributed by atoms with Crippen molar-refractivity contribution in [3.05, 3.63) is 27.5 Å². The predicted molar refractivity (Wildman–Crippen MR) is 29.7 cm³/mol. The van der Waals surface area contributed by atoms with Crippen molar-refractivity contribution < 1.29 is 15.2 Å². The van der Waals surface area contributed by atoms with E-state index >= 15 is 0 Å². The van der Waals surface area contributed by atoms with E-state index in [4.69, 9.17) is 5.21 Å². The fourth-order valence-electron chi connectivity index (χ4n) is 0.491. The maximum absolute atomic E-state index is 10.1. The van der Waals surface area contributed by atoms with Gasteiger partial charge in [-0.1, -0.05) is 0 Å². The third-order valence-corrected chi connectivity index (χ3v) is 0.941. The molecule has 0 atom stereocenters. The van der Waals surface area contributed by atoms with Crippen LogP contribution in [0.25, 0.3) is 0 Å². The Kier molecular flexibility index (Phi) is 1.51. The molecule has 0 aliphatic heterocycles. The highest BCUT2D eigenvalue weighted by Gasteiger charge is 2.18. The van der Waals surface area contributed by atoms with Crippen molar-refractivity contribution >= 4 is 5.82 Å². The van der Waals surface area contributed by atoms with Crippen LogP contribution in [0.5, 0.6) is 0 Å². The first kappa shape index (κ1) is 7.12. The van der Waals surface area contributed by atoms with Crippen LogP contribution in [-0.4, -0.2) is 24.8 Å². The largest absolute Gasteiger partial charge is 0.388 e. The molecule has 8 heteroatoms. The van der Waals surface area contributed by atoms with Crippen LogP contribution in [-0.2, 0) is 0 Å². The van der Waals surface area contributed by atoms with Crippen LogP contribution in [0.1, 0.15) is 0 Å². The summed E-state index contributed by atoms with van der Waals surface area (Å²) in [7, 11) is 0. The minimum Gasteiger partial charge on any atom is -0.358 e. The Hall–Kier alpha value is -1.99. The number of nitro groups is 1. The molecule has 58 valence electrons. The first-order chi connectivity index (χ1) is 5.11. The summed E-state index contributed by atoms with van der Waals surface area (Å²) in [6.45, 7) is 0. The number of hydrogen-bond acceptors (Lipinski definition) is 4. The minimum atomic E-state index is -0.778. The highest BCUT2D eigenvalue weighted by atomic mass is 16.7. The zero-order valence-corrected chi connectivity index (χ0v) is 5.12. The van der Waals surface area contributed by atoms with Gasteiger partial charge in [-0.25, -0.2) is 5.21 Å². The SMILES string of the molecule is O=[N+]([O-])c1cn([N+](=O)O)cn1. The smallest absolute Gasteiger partial charge is 0.358 e. The second kappa shape index (κ2) is 2.33. The van der Waals surface area contributed by atoms with Gasteiger partial charge in [0.05, 0.1) is 0 Å². The first-order valence-electron chi connectivity index (χ1n) is 2.46. The second-order valence-corrected chi connectivity index (χ2v) is 1.62.